The van der Waals surface area contributed by atoms with Crippen LogP contribution in [-0.4, -0.2) is 30.2 Å². The van der Waals surface area contributed by atoms with Crippen LogP contribution in [0, 0.1) is 5.92 Å². The molecule has 0 atom stereocenters. The summed E-state index contributed by atoms with van der Waals surface area (Å²) in [4.78, 5) is 22.8. The second-order valence-corrected chi connectivity index (χ2v) is 5.67. The number of hydrogen-bond acceptors (Lipinski definition) is 5. The molecule has 130 valence electrons. The van der Waals surface area contributed by atoms with Gasteiger partial charge in [-0.25, -0.2) is 4.79 Å². The summed E-state index contributed by atoms with van der Waals surface area (Å²) in [6.45, 7) is 6.68. The van der Waals surface area contributed by atoms with Crippen LogP contribution in [0.3, 0.4) is 0 Å². The summed E-state index contributed by atoms with van der Waals surface area (Å²) in [6.07, 6.45) is 2.11. The molecule has 6 nitrogen and oxygen atoms in total. The normalized spacial score (nSPS) is 10.5. The Balaban J connectivity index is 2.51. The van der Waals surface area contributed by atoms with Gasteiger partial charge < -0.3 is 14.8 Å². The van der Waals surface area contributed by atoms with Crippen LogP contribution < -0.4 is 15.4 Å². The maximum Gasteiger partial charge on any atom is 0.330 e. The largest absolute Gasteiger partial charge is 0.493 e. The van der Waals surface area contributed by atoms with Gasteiger partial charge in [0.15, 0.2) is 5.11 Å². The van der Waals surface area contributed by atoms with Gasteiger partial charge in [0.1, 0.15) is 5.75 Å². The zero-order valence-electron chi connectivity index (χ0n) is 14.0. The van der Waals surface area contributed by atoms with Gasteiger partial charge in [0, 0.05) is 23.9 Å². The maximum absolute atomic E-state index is 11.6. The van der Waals surface area contributed by atoms with E-state index in [0.29, 0.717) is 24.0 Å². The molecular formula is C17H22N2O4S. The van der Waals surface area contributed by atoms with Crippen molar-refractivity contribution in [1.29, 1.82) is 0 Å². The molecule has 0 fully saturated rings. The lowest BCUT2D eigenvalue weighted by atomic mass is 10.2. The number of thiocarbonyl (C=S) groups is 1. The minimum Gasteiger partial charge on any atom is -0.493 e. The van der Waals surface area contributed by atoms with Gasteiger partial charge in [0.25, 0.3) is 0 Å². The van der Waals surface area contributed by atoms with Crippen molar-refractivity contribution in [1.82, 2.24) is 5.32 Å². The highest BCUT2D eigenvalue weighted by atomic mass is 32.1. The Morgan fingerprint density at radius 3 is 2.71 bits per heavy atom. The van der Waals surface area contributed by atoms with Crippen molar-refractivity contribution in [3.05, 3.63) is 36.4 Å². The molecule has 0 aliphatic rings. The van der Waals surface area contributed by atoms with E-state index in [1.165, 1.54) is 0 Å². The Labute approximate surface area is 147 Å². The first-order valence-electron chi connectivity index (χ1n) is 7.60. The first-order chi connectivity index (χ1) is 11.4. The molecule has 0 aliphatic carbocycles. The molecule has 0 aromatic heterocycles. The van der Waals surface area contributed by atoms with Crippen molar-refractivity contribution < 1.29 is 19.1 Å². The third-order valence-corrected chi connectivity index (χ3v) is 2.77. The van der Waals surface area contributed by atoms with Crippen LogP contribution in [0.1, 0.15) is 20.8 Å². The molecule has 1 aromatic rings. The predicted molar refractivity (Wildman–Crippen MR) is 96.9 cm³/mol. The molecule has 0 bridgehead atoms. The molecule has 0 saturated heterocycles. The number of benzene rings is 1. The van der Waals surface area contributed by atoms with E-state index in [-0.39, 0.29) is 11.7 Å². The maximum atomic E-state index is 11.6. The summed E-state index contributed by atoms with van der Waals surface area (Å²) in [7, 11) is 0. The molecule has 1 rings (SSSR count). The minimum absolute atomic E-state index is 0.120. The van der Waals surface area contributed by atoms with E-state index in [1.54, 1.807) is 19.1 Å². The zero-order valence-corrected chi connectivity index (χ0v) is 14.8. The van der Waals surface area contributed by atoms with Crippen molar-refractivity contribution in [2.45, 2.75) is 20.8 Å². The molecule has 0 saturated carbocycles. The summed E-state index contributed by atoms with van der Waals surface area (Å²) in [5, 5.41) is 5.44. The number of carbonyl (C=O) groups is 2. The fourth-order valence-corrected chi connectivity index (χ4v) is 1.79. The number of carbonyl (C=O) groups excluding carboxylic acids is 2. The van der Waals surface area contributed by atoms with E-state index >= 15 is 0 Å². The molecule has 1 amide bonds. The summed E-state index contributed by atoms with van der Waals surface area (Å²) in [6, 6.07) is 7.25. The molecule has 0 radical (unpaired) electrons. The van der Waals surface area contributed by atoms with Crippen molar-refractivity contribution in [2.75, 3.05) is 18.5 Å². The van der Waals surface area contributed by atoms with Gasteiger partial charge in [0.05, 0.1) is 13.2 Å². The first kappa shape index (κ1) is 19.6. The molecule has 24 heavy (non-hydrogen) atoms. The second-order valence-electron chi connectivity index (χ2n) is 5.26. The number of anilines is 1. The standard InChI is InChI=1S/C17H22N2O4S/c1-4-22-16(21)9-8-15(20)19-17(24)18-13-6-5-7-14(10-13)23-11-12(2)3/h5-10,12H,4,11H2,1-3H3,(H2,18,19,20,24)/b9-8+. The van der Waals surface area contributed by atoms with Gasteiger partial charge in [-0.3, -0.25) is 10.1 Å². The van der Waals surface area contributed by atoms with E-state index in [0.717, 1.165) is 12.2 Å². The van der Waals surface area contributed by atoms with Crippen LogP contribution in [0.25, 0.3) is 0 Å². The zero-order chi connectivity index (χ0) is 17.9. The summed E-state index contributed by atoms with van der Waals surface area (Å²) in [5.41, 5.74) is 0.691. The summed E-state index contributed by atoms with van der Waals surface area (Å²) >= 11 is 5.06. The highest BCUT2D eigenvalue weighted by molar-refractivity contribution is 7.80. The Morgan fingerprint density at radius 2 is 2.04 bits per heavy atom. The average molecular weight is 350 g/mol. The Kier molecular flexibility index (Phi) is 8.49. The topological polar surface area (TPSA) is 76.7 Å². The fourth-order valence-electron chi connectivity index (χ4n) is 1.58. The quantitative estimate of drug-likeness (QED) is 0.447. The van der Waals surface area contributed by atoms with Gasteiger partial charge in [-0.05, 0) is 37.2 Å². The van der Waals surface area contributed by atoms with Crippen LogP contribution in [0.2, 0.25) is 0 Å². The number of esters is 1. The molecule has 0 spiro atoms. The lowest BCUT2D eigenvalue weighted by molar-refractivity contribution is -0.137. The molecule has 0 aliphatic heterocycles. The highest BCUT2D eigenvalue weighted by Crippen LogP contribution is 2.17. The smallest absolute Gasteiger partial charge is 0.330 e. The van der Waals surface area contributed by atoms with Gasteiger partial charge in [0.2, 0.25) is 5.91 Å². The minimum atomic E-state index is -0.582. The van der Waals surface area contributed by atoms with E-state index in [9.17, 15) is 9.59 Å². The Morgan fingerprint density at radius 1 is 1.29 bits per heavy atom. The van der Waals surface area contributed by atoms with E-state index < -0.39 is 11.9 Å². The van der Waals surface area contributed by atoms with Gasteiger partial charge in [-0.2, -0.15) is 0 Å². The highest BCUT2D eigenvalue weighted by Gasteiger charge is 2.04. The average Bonchev–Trinajstić information content (AvgIpc) is 2.51. The SMILES string of the molecule is CCOC(=O)/C=C/C(=O)NC(=S)Nc1cccc(OCC(C)C)c1. The van der Waals surface area contributed by atoms with Crippen molar-refractivity contribution in [3.8, 4) is 5.75 Å². The third kappa shape index (κ3) is 8.28. The summed E-state index contributed by atoms with van der Waals surface area (Å²) < 4.78 is 10.3. The monoisotopic (exact) mass is 350 g/mol. The number of rotatable bonds is 7. The van der Waals surface area contributed by atoms with Gasteiger partial charge in [-0.15, -0.1) is 0 Å². The van der Waals surface area contributed by atoms with Gasteiger partial charge in [-0.1, -0.05) is 19.9 Å². The predicted octanol–water partition coefficient (Wildman–Crippen LogP) is 2.65. The lowest BCUT2D eigenvalue weighted by Crippen LogP contribution is -2.33. The molecular weight excluding hydrogens is 328 g/mol. The molecule has 1 aromatic carbocycles. The van der Waals surface area contributed by atoms with Crippen LogP contribution in [-0.2, 0) is 14.3 Å². The number of ether oxygens (including phenoxy) is 2. The number of nitrogens with one attached hydrogen (secondary N) is 2. The Bertz CT molecular complexity index is 614. The Hall–Kier alpha value is -2.41. The van der Waals surface area contributed by atoms with Gasteiger partial charge >= 0.3 is 5.97 Å². The van der Waals surface area contributed by atoms with Crippen molar-refractivity contribution in [3.63, 3.8) is 0 Å². The molecule has 2 N–H and O–H groups in total. The third-order valence-electron chi connectivity index (χ3n) is 2.57. The number of hydrogen-bond donors (Lipinski definition) is 2. The van der Waals surface area contributed by atoms with E-state index in [1.807, 2.05) is 12.1 Å². The lowest BCUT2D eigenvalue weighted by Gasteiger charge is -2.11. The van der Waals surface area contributed by atoms with Crippen LogP contribution >= 0.6 is 12.2 Å². The van der Waals surface area contributed by atoms with Crippen LogP contribution in [0.15, 0.2) is 36.4 Å². The number of amides is 1. The summed E-state index contributed by atoms with van der Waals surface area (Å²) in [5.74, 6) is 0.0347. The van der Waals surface area contributed by atoms with Crippen LogP contribution in [0.4, 0.5) is 5.69 Å². The van der Waals surface area contributed by atoms with Crippen molar-refractivity contribution >= 4 is 34.9 Å². The molecule has 7 heteroatoms. The van der Waals surface area contributed by atoms with E-state index in [2.05, 4.69) is 29.2 Å². The first-order valence-corrected chi connectivity index (χ1v) is 8.01. The molecule has 0 heterocycles. The molecule has 0 unspecified atom stereocenters. The second kappa shape index (κ2) is 10.4. The fraction of sp³-hybridized carbons (Fsp3) is 0.353. The van der Waals surface area contributed by atoms with E-state index in [4.69, 9.17) is 17.0 Å². The van der Waals surface area contributed by atoms with Crippen LogP contribution in [0.5, 0.6) is 5.75 Å². The van der Waals surface area contributed by atoms with Crippen molar-refractivity contribution in [2.24, 2.45) is 5.92 Å².